The first kappa shape index (κ1) is 13.2. The fourth-order valence-corrected chi connectivity index (χ4v) is 4.63. The van der Waals surface area contributed by atoms with E-state index in [1.807, 2.05) is 0 Å². The maximum atomic E-state index is 3.61. The van der Waals surface area contributed by atoms with Gasteiger partial charge in [-0.3, -0.25) is 0 Å². The van der Waals surface area contributed by atoms with Crippen molar-refractivity contribution in [3.05, 3.63) is 35.9 Å². The molecule has 1 heteroatoms. The highest BCUT2D eigenvalue weighted by Crippen LogP contribution is 2.61. The Bertz CT molecular complexity index is 395. The minimum absolute atomic E-state index is 0.425. The first-order valence-electron chi connectivity index (χ1n) is 8.05. The molecule has 2 aliphatic rings. The van der Waals surface area contributed by atoms with Gasteiger partial charge in [0.25, 0.3) is 0 Å². The van der Waals surface area contributed by atoms with E-state index in [1.54, 1.807) is 5.56 Å². The lowest BCUT2D eigenvalue weighted by atomic mass is 9.46. The molecule has 0 atom stereocenters. The molecule has 0 amide bonds. The number of likely N-dealkylation sites (N-methyl/N-ethyl adjacent to an activating group) is 1. The van der Waals surface area contributed by atoms with E-state index in [1.165, 1.54) is 44.9 Å². The van der Waals surface area contributed by atoms with Crippen molar-refractivity contribution >= 4 is 0 Å². The molecule has 3 rings (SSSR count). The van der Waals surface area contributed by atoms with Crippen LogP contribution >= 0.6 is 0 Å². The molecule has 104 valence electrons. The van der Waals surface area contributed by atoms with Crippen LogP contribution in [0.1, 0.15) is 57.4 Å². The van der Waals surface area contributed by atoms with Gasteiger partial charge in [-0.2, -0.15) is 0 Å². The minimum Gasteiger partial charge on any atom is -0.316 e. The van der Waals surface area contributed by atoms with Gasteiger partial charge in [-0.05, 0) is 43.2 Å². The van der Waals surface area contributed by atoms with Gasteiger partial charge in [0.1, 0.15) is 0 Å². The van der Waals surface area contributed by atoms with Gasteiger partial charge >= 0.3 is 0 Å². The average Bonchev–Trinajstić information content (AvgIpc) is 2.44. The Hall–Kier alpha value is -0.820. The smallest absolute Gasteiger partial charge is 0.00883 e. The summed E-state index contributed by atoms with van der Waals surface area (Å²) < 4.78 is 0. The molecule has 0 bridgehead atoms. The largest absolute Gasteiger partial charge is 0.316 e. The molecule has 1 N–H and O–H groups in total. The van der Waals surface area contributed by atoms with Crippen LogP contribution in [0.4, 0.5) is 0 Å². The Morgan fingerprint density at radius 3 is 2.32 bits per heavy atom. The zero-order valence-electron chi connectivity index (χ0n) is 12.3. The first-order chi connectivity index (χ1) is 9.29. The number of hydrogen-bond donors (Lipinski definition) is 1. The van der Waals surface area contributed by atoms with Gasteiger partial charge in [0, 0.05) is 12.0 Å². The Morgan fingerprint density at radius 1 is 1.00 bits per heavy atom. The maximum absolute atomic E-state index is 3.61. The zero-order chi connectivity index (χ0) is 13.2. The normalized spacial score (nSPS) is 24.1. The van der Waals surface area contributed by atoms with Crippen LogP contribution in [0.25, 0.3) is 0 Å². The van der Waals surface area contributed by atoms with Crippen molar-refractivity contribution < 1.29 is 0 Å². The topological polar surface area (TPSA) is 12.0 Å². The average molecular weight is 257 g/mol. The van der Waals surface area contributed by atoms with E-state index in [2.05, 4.69) is 42.6 Å². The number of hydrogen-bond acceptors (Lipinski definition) is 1. The molecule has 2 saturated carbocycles. The second-order valence-electron chi connectivity index (χ2n) is 6.84. The lowest BCUT2D eigenvalue weighted by molar-refractivity contribution is -0.0125. The third-order valence-corrected chi connectivity index (χ3v) is 5.44. The van der Waals surface area contributed by atoms with Gasteiger partial charge in [0.2, 0.25) is 0 Å². The van der Waals surface area contributed by atoms with E-state index >= 15 is 0 Å². The molecule has 0 unspecified atom stereocenters. The number of nitrogens with one attached hydrogen (secondary N) is 1. The molecule has 0 aromatic heterocycles. The molecule has 2 fully saturated rings. The molecule has 1 aromatic carbocycles. The van der Waals surface area contributed by atoms with Crippen molar-refractivity contribution in [3.63, 3.8) is 0 Å². The molecule has 2 aliphatic carbocycles. The van der Waals surface area contributed by atoms with E-state index < -0.39 is 0 Å². The van der Waals surface area contributed by atoms with Gasteiger partial charge in [0.15, 0.2) is 0 Å². The summed E-state index contributed by atoms with van der Waals surface area (Å²) in [4.78, 5) is 0. The van der Waals surface area contributed by atoms with Crippen molar-refractivity contribution in [1.82, 2.24) is 5.32 Å². The summed E-state index contributed by atoms with van der Waals surface area (Å²) in [5, 5.41) is 3.61. The van der Waals surface area contributed by atoms with Gasteiger partial charge in [-0.25, -0.2) is 0 Å². The summed E-state index contributed by atoms with van der Waals surface area (Å²) in [6.45, 7) is 4.46. The van der Waals surface area contributed by atoms with Crippen LogP contribution in [-0.2, 0) is 5.41 Å². The molecule has 0 radical (unpaired) electrons. The van der Waals surface area contributed by atoms with Crippen LogP contribution in [0, 0.1) is 5.41 Å². The third kappa shape index (κ3) is 2.45. The lowest BCUT2D eigenvalue weighted by Crippen LogP contribution is -2.55. The van der Waals surface area contributed by atoms with Crippen molar-refractivity contribution in [2.24, 2.45) is 5.41 Å². The van der Waals surface area contributed by atoms with Crippen LogP contribution in [0.3, 0.4) is 0 Å². The molecule has 0 saturated heterocycles. The van der Waals surface area contributed by atoms with Crippen LogP contribution < -0.4 is 5.32 Å². The summed E-state index contributed by atoms with van der Waals surface area (Å²) in [7, 11) is 0. The number of benzene rings is 1. The Morgan fingerprint density at radius 2 is 1.68 bits per heavy atom. The zero-order valence-corrected chi connectivity index (χ0v) is 12.3. The Balaban J connectivity index is 1.77. The second kappa shape index (κ2) is 5.28. The van der Waals surface area contributed by atoms with Crippen LogP contribution in [0.15, 0.2) is 30.3 Å². The van der Waals surface area contributed by atoms with E-state index in [9.17, 15) is 0 Å². The van der Waals surface area contributed by atoms with Gasteiger partial charge < -0.3 is 5.32 Å². The summed E-state index contributed by atoms with van der Waals surface area (Å²) in [6, 6.07) is 11.2. The lowest BCUT2D eigenvalue weighted by Gasteiger charge is -2.59. The standard InChI is InChI=1S/C18H27N/c1-2-19-15-18(16-9-5-3-6-10-16)13-17(14-18)11-7-4-8-12-17/h3,5-6,9-10,19H,2,4,7-8,11-15H2,1H3. The molecular weight excluding hydrogens is 230 g/mol. The molecule has 1 spiro atoms. The maximum Gasteiger partial charge on any atom is 0.00883 e. The highest BCUT2D eigenvalue weighted by Gasteiger charge is 2.54. The van der Waals surface area contributed by atoms with Crippen molar-refractivity contribution in [2.45, 2.75) is 57.3 Å². The molecular formula is C18H27N. The van der Waals surface area contributed by atoms with E-state index in [-0.39, 0.29) is 0 Å². The summed E-state index contributed by atoms with van der Waals surface area (Å²) in [5.74, 6) is 0. The van der Waals surface area contributed by atoms with E-state index in [4.69, 9.17) is 0 Å². The van der Waals surface area contributed by atoms with Gasteiger partial charge in [0.05, 0.1) is 0 Å². The van der Waals surface area contributed by atoms with Gasteiger partial charge in [-0.1, -0.05) is 56.5 Å². The SMILES string of the molecule is CCNCC1(c2ccccc2)CC2(CCCCC2)C1. The second-order valence-corrected chi connectivity index (χ2v) is 6.84. The highest BCUT2D eigenvalue weighted by atomic mass is 14.9. The van der Waals surface area contributed by atoms with Crippen molar-refractivity contribution in [2.75, 3.05) is 13.1 Å². The van der Waals surface area contributed by atoms with Crippen LogP contribution in [0.2, 0.25) is 0 Å². The van der Waals surface area contributed by atoms with Gasteiger partial charge in [-0.15, -0.1) is 0 Å². The van der Waals surface area contributed by atoms with Crippen molar-refractivity contribution in [3.8, 4) is 0 Å². The quantitative estimate of drug-likeness (QED) is 0.849. The summed E-state index contributed by atoms with van der Waals surface area (Å²) in [5.41, 5.74) is 2.69. The van der Waals surface area contributed by atoms with Crippen LogP contribution in [-0.4, -0.2) is 13.1 Å². The fourth-order valence-electron chi connectivity index (χ4n) is 4.63. The highest BCUT2D eigenvalue weighted by molar-refractivity contribution is 5.31. The Kier molecular flexibility index (Phi) is 3.66. The summed E-state index contributed by atoms with van der Waals surface area (Å²) in [6.07, 6.45) is 10.2. The predicted octanol–water partition coefficient (Wildman–Crippen LogP) is 4.28. The number of rotatable bonds is 4. The third-order valence-electron chi connectivity index (χ3n) is 5.44. The molecule has 0 heterocycles. The first-order valence-corrected chi connectivity index (χ1v) is 8.05. The molecule has 1 aromatic rings. The molecule has 19 heavy (non-hydrogen) atoms. The fraction of sp³-hybridized carbons (Fsp3) is 0.667. The molecule has 0 aliphatic heterocycles. The van der Waals surface area contributed by atoms with Crippen LogP contribution in [0.5, 0.6) is 0 Å². The minimum atomic E-state index is 0.425. The monoisotopic (exact) mass is 257 g/mol. The molecule has 1 nitrogen and oxygen atoms in total. The predicted molar refractivity (Wildman–Crippen MR) is 81.4 cm³/mol. The van der Waals surface area contributed by atoms with E-state index in [0.717, 1.165) is 13.1 Å². The summed E-state index contributed by atoms with van der Waals surface area (Å²) >= 11 is 0. The van der Waals surface area contributed by atoms with E-state index in [0.29, 0.717) is 10.8 Å². The van der Waals surface area contributed by atoms with Crippen molar-refractivity contribution in [1.29, 1.82) is 0 Å². The Labute approximate surface area is 117 Å².